The predicted octanol–water partition coefficient (Wildman–Crippen LogP) is 25.2. The number of nitrogens with one attached hydrogen (secondary N) is 2. The molecule has 0 radical (unpaired) electrons. The summed E-state index contributed by atoms with van der Waals surface area (Å²) in [5.74, 6) is 0.279. The smallest absolute Gasteiger partial charge is 0.329 e. The first-order valence-corrected chi connectivity index (χ1v) is 159. The fraction of sp³-hybridized carbons (Fsp3) is 0.500. The number of carbonyl (C=O) groups excluding carboxylic acids is 1. The van der Waals surface area contributed by atoms with Crippen molar-refractivity contribution in [3.05, 3.63) is 168 Å². The molecule has 1 unspecified atom stereocenters. The number of hydrogen-bond acceptors (Lipinski definition) is 12. The Bertz CT molecular complexity index is 2930. The summed E-state index contributed by atoms with van der Waals surface area (Å²) in [4.78, 5) is 42.0. The maximum atomic E-state index is 13.0. The topological polar surface area (TPSA) is 190 Å². The van der Waals surface area contributed by atoms with E-state index < -0.39 is 63.5 Å². The molecular formula is C66H93I22N6O8-. The Morgan fingerprint density at radius 3 is 1.17 bits per heavy atom. The minimum absolute atomic E-state index is 0. The van der Waals surface area contributed by atoms with E-state index in [1.807, 2.05) is 140 Å². The molecule has 10 aliphatic heterocycles. The number of hydrogen-bond donors (Lipinski definition) is 6. The normalized spacial score (nSPS) is 23.6. The Morgan fingerprint density at radius 2 is 0.863 bits per heavy atom. The van der Waals surface area contributed by atoms with Crippen molar-refractivity contribution < 1.29 is 52.4 Å². The number of halogens is 22. The number of aliphatic hydroxyl groups excluding tert-OH is 1. The number of rotatable bonds is 23. The number of aliphatic carboxylic acids is 2. The molecule has 0 amide bonds. The first-order valence-electron chi connectivity index (χ1n) is 31.5. The molecule has 5 aromatic carbocycles. The summed E-state index contributed by atoms with van der Waals surface area (Å²) in [6, 6.07) is 46.6. The largest absolute Gasteiger partial charge is 0.480 e. The molecule has 0 spiro atoms. The number of para-hydroxylation sites is 2. The monoisotopic (exact) mass is 3890 g/mol. The summed E-state index contributed by atoms with van der Waals surface area (Å²) in [6.07, 6.45) is 11.7. The fourth-order valence-corrected chi connectivity index (χ4v) is 3160. The van der Waals surface area contributed by atoms with Crippen molar-refractivity contribution in [2.24, 2.45) is 23.5 Å². The third kappa shape index (κ3) is 40.7. The number of aliphatic hydroxyl groups is 1. The Balaban J connectivity index is 0.000000263. The van der Waals surface area contributed by atoms with Gasteiger partial charge in [-0.2, -0.15) is 0 Å². The number of carbonyl (C=O) groups is 3. The SMILES string of the molecule is C.C.C1CCOC1.IC1CN2CCC1CC2.I[I-]I(I)I(I)I(I)I(I)I(I)I(I)I(I)I(I)I(I)I.N[C@@H](Cc1ccccc1)C(=O)O.O=C(O)[C@H](Cc1ccccc1)Nc1ccccc1.O=C(O[C@H]1CN2CCC1CC2)[C@H](Cc1ccccc1)Nc1ccccc1.O[C@H]1CN2CCC1CC2. The molecule has 0 saturated carbocycles. The third-order valence-corrected chi connectivity index (χ3v) is 1420. The first kappa shape index (κ1) is 104. The van der Waals surface area contributed by atoms with Crippen molar-refractivity contribution in [3.63, 3.8) is 0 Å². The van der Waals surface area contributed by atoms with Gasteiger partial charge < -0.3 is 51.0 Å². The van der Waals surface area contributed by atoms with Gasteiger partial charge in [-0.3, -0.25) is 9.69 Å². The number of esters is 1. The molecule has 5 aromatic rings. The van der Waals surface area contributed by atoms with Crippen LogP contribution in [0, 0.1) is 17.8 Å². The van der Waals surface area contributed by atoms with Crippen LogP contribution in [0.25, 0.3) is 0 Å². The van der Waals surface area contributed by atoms with Gasteiger partial charge in [-0.1, -0.05) is 165 Å². The van der Waals surface area contributed by atoms with Gasteiger partial charge in [0, 0.05) is 61.0 Å². The van der Waals surface area contributed by atoms with E-state index in [1.54, 1.807) is 0 Å². The summed E-state index contributed by atoms with van der Waals surface area (Å²) in [5, 5.41) is 33.5. The molecule has 10 heterocycles. The van der Waals surface area contributed by atoms with Crippen LogP contribution in [0.5, 0.6) is 0 Å². The van der Waals surface area contributed by atoms with Gasteiger partial charge in [0.25, 0.3) is 0 Å². The van der Waals surface area contributed by atoms with Crippen LogP contribution in [0.2, 0.25) is 0 Å². The molecule has 10 fully saturated rings. The molecular weight excluding hydrogens is 3800 g/mol. The average Bonchev–Trinajstić information content (AvgIpc) is 0.887. The van der Waals surface area contributed by atoms with Crippen LogP contribution < -0.4 is 29.6 Å². The minimum atomic E-state index is -0.959. The molecule has 590 valence electrons. The van der Waals surface area contributed by atoms with Gasteiger partial charge >= 0.3 is 307 Å². The molecule has 6 bridgehead atoms. The number of benzene rings is 5. The number of anilines is 2. The molecule has 10 aliphatic rings. The van der Waals surface area contributed by atoms with E-state index in [1.165, 1.54) is 71.2 Å². The molecule has 6 atom stereocenters. The van der Waals surface area contributed by atoms with Gasteiger partial charge in [0.2, 0.25) is 0 Å². The maximum Gasteiger partial charge on any atom is 0.329 e. The summed E-state index contributed by atoms with van der Waals surface area (Å²) in [5.41, 5.74) is 10.2. The zero-order valence-corrected chi connectivity index (χ0v) is 101. The van der Waals surface area contributed by atoms with E-state index in [4.69, 9.17) is 20.3 Å². The van der Waals surface area contributed by atoms with Crippen molar-refractivity contribution in [2.75, 3.05) is 82.8 Å². The van der Waals surface area contributed by atoms with E-state index in [9.17, 15) is 24.6 Å². The zero-order valence-electron chi connectivity index (χ0n) is 53.8. The second-order valence-corrected chi connectivity index (χ2v) is 480. The molecule has 15 rings (SSSR count). The van der Waals surface area contributed by atoms with Crippen LogP contribution in [0.1, 0.15) is 82.9 Å². The molecule has 0 aliphatic carbocycles. The second kappa shape index (κ2) is 60.4. The van der Waals surface area contributed by atoms with Gasteiger partial charge in [0.15, 0.2) is 0 Å². The summed E-state index contributed by atoms with van der Waals surface area (Å²) < 4.78 is 11.9. The van der Waals surface area contributed by atoms with E-state index >= 15 is 0 Å². The number of piperidine rings is 9. The van der Waals surface area contributed by atoms with Gasteiger partial charge in [-0.25, -0.2) is 9.59 Å². The summed E-state index contributed by atoms with van der Waals surface area (Å²) in [6.45, 7) is 12.7. The average molecular weight is 3890 g/mol. The zero-order chi connectivity index (χ0) is 72.5. The second-order valence-electron chi connectivity index (χ2n) is 23.3. The number of carboxylic acids is 2. The van der Waals surface area contributed by atoms with Crippen molar-refractivity contribution in [1.29, 1.82) is 0 Å². The fourth-order valence-electron chi connectivity index (χ4n) is 11.4. The minimum Gasteiger partial charge on any atom is -0.480 e. The number of fused-ring (bicyclic) bond motifs is 9. The Morgan fingerprint density at radius 1 is 0.500 bits per heavy atom. The van der Waals surface area contributed by atoms with Crippen LogP contribution in [-0.4, -0.2) is 154 Å². The number of nitrogens with two attached hydrogens (primary N) is 1. The number of alkyl halides is 1. The van der Waals surface area contributed by atoms with Gasteiger partial charge in [0.05, 0.1) is 6.10 Å². The van der Waals surface area contributed by atoms with Crippen LogP contribution in [-0.2, 0) is 43.1 Å². The molecule has 7 N–H and O–H groups in total. The van der Waals surface area contributed by atoms with Crippen LogP contribution in [0.4, 0.5) is 11.4 Å². The predicted molar refractivity (Wildman–Crippen MR) is 616 cm³/mol. The third-order valence-electron chi connectivity index (χ3n) is 16.6. The van der Waals surface area contributed by atoms with Crippen molar-refractivity contribution in [1.82, 2.24) is 14.7 Å². The first-order chi connectivity index (χ1) is 48.0. The van der Waals surface area contributed by atoms with Crippen molar-refractivity contribution >= 4 is 328 Å². The van der Waals surface area contributed by atoms with Crippen molar-refractivity contribution in [2.45, 2.75) is 120 Å². The Hall–Kier alpha value is 9.93. The van der Waals surface area contributed by atoms with E-state index in [-0.39, 0.29) is 70.6 Å². The van der Waals surface area contributed by atoms with E-state index in [2.05, 4.69) is 265 Å². The van der Waals surface area contributed by atoms with E-state index in [0.717, 1.165) is 90.1 Å². The molecule has 36 heteroatoms. The van der Waals surface area contributed by atoms with Gasteiger partial charge in [-0.15, -0.1) is 0 Å². The molecule has 102 heavy (non-hydrogen) atoms. The summed E-state index contributed by atoms with van der Waals surface area (Å²) >= 11 is 36.9. The molecule has 0 aromatic heterocycles. The van der Waals surface area contributed by atoms with Gasteiger partial charge in [0.1, 0.15) is 24.2 Å². The Labute approximate surface area is 768 Å². The summed E-state index contributed by atoms with van der Waals surface area (Å²) in [7, 11) is -3.51. The number of ether oxygens (including phenoxy) is 2. The van der Waals surface area contributed by atoms with Crippen molar-refractivity contribution in [3.8, 4) is 0 Å². The number of nitrogens with zero attached hydrogens (tertiary/aromatic N) is 3. The maximum absolute atomic E-state index is 13.0. The molecule has 10 saturated heterocycles. The van der Waals surface area contributed by atoms with Crippen LogP contribution in [0.15, 0.2) is 152 Å². The van der Waals surface area contributed by atoms with Gasteiger partial charge in [-0.05, 0) is 156 Å². The van der Waals surface area contributed by atoms with Crippen LogP contribution >= 0.6 is 298 Å². The standard InChI is InChI=1S/C22H26N2O2.C15H15NO2.C9H11NO2.C7H12IN.C7H13NO.C4H8O.2CH4.I21/c25-22(26-21-16-24-13-11-18(21)12-14-24)20(15-17-7-3-1-4-8-17)23-19-9-5-2-6-10-19;17-15(18)14(11-12-7-3-1-4-8-12)16-13-9-5-2-6-10-13;10-8(9(11)12)6-7-4-2-1-3-5-7;8-7-5-9-3-1-6(7)2-4-9;9-7-5-8-3-1-6(7)2-4-8;1-2-4-5-3-1;;;1-12-14(4)16(6)18(8)20(10)21(11)19(9)17(7)15(5)13(2)3/h1-10,18,20-21,23H,11-16H2;1-10,14,16H,11H2,(H,17,18);1-5,8H,6,10H2,(H,11,12);6-7H,1-5H2;6-7,9H,1-5H2;1-4H2;2*1H4;/q;;;;;;;;-1/t20-,21-;14-;8-;;7-;;;;/m000.0..../s1. The Kier molecular flexibility index (Phi) is 61.8. The van der Waals surface area contributed by atoms with Crippen LogP contribution in [0.3, 0.4) is 0 Å². The van der Waals surface area contributed by atoms with E-state index in [0.29, 0.717) is 44.4 Å². The number of carboxylic acid groups (broad SMARTS) is 2. The molecule has 14 nitrogen and oxygen atoms in total. The quantitative estimate of drug-likeness (QED) is 0.0206.